The Morgan fingerprint density at radius 2 is 1.88 bits per heavy atom. The average molecular weight is 238 g/mol. The number of hydrogen-bond acceptors (Lipinski definition) is 2. The van der Waals surface area contributed by atoms with Crippen molar-refractivity contribution in [2.24, 2.45) is 11.8 Å². The maximum atomic E-state index is 3.77. The molecule has 2 rings (SSSR count). The monoisotopic (exact) mass is 238 g/mol. The van der Waals surface area contributed by atoms with Crippen LogP contribution in [0, 0.1) is 11.8 Å². The van der Waals surface area contributed by atoms with Gasteiger partial charge < -0.3 is 10.2 Å². The van der Waals surface area contributed by atoms with Gasteiger partial charge in [-0.3, -0.25) is 0 Å². The fourth-order valence-electron chi connectivity index (χ4n) is 3.00. The molecule has 2 heteroatoms. The Morgan fingerprint density at radius 3 is 2.47 bits per heavy atom. The van der Waals surface area contributed by atoms with Crippen molar-refractivity contribution in [2.75, 3.05) is 20.1 Å². The van der Waals surface area contributed by atoms with Crippen LogP contribution in [0.15, 0.2) is 0 Å². The van der Waals surface area contributed by atoms with Crippen molar-refractivity contribution in [3.05, 3.63) is 0 Å². The summed E-state index contributed by atoms with van der Waals surface area (Å²) in [6.07, 6.45) is 8.56. The number of hydrogen-bond donors (Lipinski definition) is 1. The van der Waals surface area contributed by atoms with Crippen LogP contribution in [0.4, 0.5) is 0 Å². The lowest BCUT2D eigenvalue weighted by molar-refractivity contribution is 0.226. The standard InChI is InChI=1S/C15H30N2/c1-12-9-14(12)11-17(3)13(2)10-16-15-7-5-4-6-8-15/h12-16H,4-11H2,1-3H3. The first-order valence-electron chi connectivity index (χ1n) is 7.60. The molecule has 2 saturated carbocycles. The highest BCUT2D eigenvalue weighted by Crippen LogP contribution is 2.38. The summed E-state index contributed by atoms with van der Waals surface area (Å²) in [6.45, 7) is 7.21. The third-order valence-corrected chi connectivity index (χ3v) is 4.86. The Hall–Kier alpha value is -0.0800. The van der Waals surface area contributed by atoms with Gasteiger partial charge >= 0.3 is 0 Å². The molecule has 0 aliphatic heterocycles. The molecular formula is C15H30N2. The quantitative estimate of drug-likeness (QED) is 0.765. The Labute approximate surface area is 107 Å². The summed E-state index contributed by atoms with van der Waals surface area (Å²) in [4.78, 5) is 2.55. The largest absolute Gasteiger partial charge is 0.312 e. The van der Waals surface area contributed by atoms with E-state index >= 15 is 0 Å². The maximum Gasteiger partial charge on any atom is 0.0189 e. The van der Waals surface area contributed by atoms with Crippen molar-refractivity contribution in [3.8, 4) is 0 Å². The third kappa shape index (κ3) is 4.26. The van der Waals surface area contributed by atoms with E-state index in [1.807, 2.05) is 0 Å². The first-order valence-corrected chi connectivity index (χ1v) is 7.60. The van der Waals surface area contributed by atoms with Crippen molar-refractivity contribution in [1.82, 2.24) is 10.2 Å². The second kappa shape index (κ2) is 6.19. The van der Waals surface area contributed by atoms with Crippen LogP contribution >= 0.6 is 0 Å². The molecule has 3 atom stereocenters. The van der Waals surface area contributed by atoms with E-state index in [1.165, 1.54) is 51.6 Å². The molecule has 0 aromatic rings. The normalized spacial score (nSPS) is 31.8. The van der Waals surface area contributed by atoms with Crippen molar-refractivity contribution in [1.29, 1.82) is 0 Å². The fraction of sp³-hybridized carbons (Fsp3) is 1.00. The molecule has 0 bridgehead atoms. The van der Waals surface area contributed by atoms with Crippen LogP contribution in [0.2, 0.25) is 0 Å². The van der Waals surface area contributed by atoms with E-state index in [4.69, 9.17) is 0 Å². The molecule has 0 saturated heterocycles. The average Bonchev–Trinajstić information content (AvgIpc) is 3.03. The van der Waals surface area contributed by atoms with Gasteiger partial charge in [0.1, 0.15) is 0 Å². The molecule has 2 aliphatic rings. The SMILES string of the molecule is CC1CC1CN(C)C(C)CNC1CCCCC1. The van der Waals surface area contributed by atoms with Crippen molar-refractivity contribution in [2.45, 2.75) is 64.5 Å². The van der Waals surface area contributed by atoms with Gasteiger partial charge in [0.15, 0.2) is 0 Å². The van der Waals surface area contributed by atoms with Crippen LogP contribution in [0.1, 0.15) is 52.4 Å². The second-order valence-electron chi connectivity index (χ2n) is 6.50. The van der Waals surface area contributed by atoms with E-state index in [0.29, 0.717) is 6.04 Å². The molecule has 1 N–H and O–H groups in total. The molecule has 2 fully saturated rings. The Morgan fingerprint density at radius 1 is 1.24 bits per heavy atom. The van der Waals surface area contributed by atoms with E-state index in [-0.39, 0.29) is 0 Å². The molecule has 17 heavy (non-hydrogen) atoms. The third-order valence-electron chi connectivity index (χ3n) is 4.86. The number of nitrogens with one attached hydrogen (secondary N) is 1. The van der Waals surface area contributed by atoms with E-state index in [2.05, 4.69) is 31.1 Å². The van der Waals surface area contributed by atoms with Crippen LogP contribution < -0.4 is 5.32 Å². The molecule has 0 aromatic carbocycles. The van der Waals surface area contributed by atoms with Crippen LogP contribution in [-0.2, 0) is 0 Å². The lowest BCUT2D eigenvalue weighted by Gasteiger charge is -2.29. The van der Waals surface area contributed by atoms with E-state index in [1.54, 1.807) is 0 Å². The van der Waals surface area contributed by atoms with Gasteiger partial charge in [0, 0.05) is 25.2 Å². The molecule has 0 amide bonds. The van der Waals surface area contributed by atoms with Gasteiger partial charge in [-0.15, -0.1) is 0 Å². The second-order valence-corrected chi connectivity index (χ2v) is 6.50. The molecule has 2 aliphatic carbocycles. The maximum absolute atomic E-state index is 3.77. The number of likely N-dealkylation sites (N-methyl/N-ethyl adjacent to an activating group) is 1. The molecule has 0 radical (unpaired) electrons. The molecule has 0 aromatic heterocycles. The predicted molar refractivity (Wildman–Crippen MR) is 74.2 cm³/mol. The Balaban J connectivity index is 1.60. The summed E-state index contributed by atoms with van der Waals surface area (Å²) in [6, 6.07) is 1.49. The summed E-state index contributed by atoms with van der Waals surface area (Å²) < 4.78 is 0. The smallest absolute Gasteiger partial charge is 0.0189 e. The molecule has 0 heterocycles. The first-order chi connectivity index (χ1) is 8.16. The minimum atomic E-state index is 0.685. The fourth-order valence-corrected chi connectivity index (χ4v) is 3.00. The summed E-state index contributed by atoms with van der Waals surface area (Å²) in [5, 5.41) is 3.77. The highest BCUT2D eigenvalue weighted by atomic mass is 15.2. The van der Waals surface area contributed by atoms with Gasteiger partial charge in [0.25, 0.3) is 0 Å². The molecule has 100 valence electrons. The van der Waals surface area contributed by atoms with Gasteiger partial charge in [-0.25, -0.2) is 0 Å². The first kappa shape index (κ1) is 13.4. The molecule has 3 unspecified atom stereocenters. The van der Waals surface area contributed by atoms with Crippen molar-refractivity contribution < 1.29 is 0 Å². The summed E-state index contributed by atoms with van der Waals surface area (Å²) in [5.74, 6) is 1.97. The lowest BCUT2D eigenvalue weighted by Crippen LogP contribution is -2.43. The summed E-state index contributed by atoms with van der Waals surface area (Å²) >= 11 is 0. The Bertz CT molecular complexity index is 223. The van der Waals surface area contributed by atoms with Gasteiger partial charge in [-0.05, 0) is 45.1 Å². The van der Waals surface area contributed by atoms with Crippen molar-refractivity contribution in [3.63, 3.8) is 0 Å². The highest BCUT2D eigenvalue weighted by molar-refractivity contribution is 4.86. The molecular weight excluding hydrogens is 208 g/mol. The number of nitrogens with zero attached hydrogens (tertiary/aromatic N) is 1. The van der Waals surface area contributed by atoms with Crippen LogP contribution in [0.5, 0.6) is 0 Å². The van der Waals surface area contributed by atoms with Crippen LogP contribution in [-0.4, -0.2) is 37.1 Å². The zero-order valence-electron chi connectivity index (χ0n) is 11.9. The van der Waals surface area contributed by atoms with Gasteiger partial charge in [0.05, 0.1) is 0 Å². The molecule has 0 spiro atoms. The van der Waals surface area contributed by atoms with E-state index < -0.39 is 0 Å². The zero-order chi connectivity index (χ0) is 12.3. The van der Waals surface area contributed by atoms with E-state index in [9.17, 15) is 0 Å². The van der Waals surface area contributed by atoms with Crippen molar-refractivity contribution >= 4 is 0 Å². The predicted octanol–water partition coefficient (Wildman–Crippen LogP) is 2.89. The minimum absolute atomic E-state index is 0.685. The topological polar surface area (TPSA) is 15.3 Å². The number of rotatable bonds is 6. The van der Waals surface area contributed by atoms with E-state index in [0.717, 1.165) is 17.9 Å². The van der Waals surface area contributed by atoms with Gasteiger partial charge in [0.2, 0.25) is 0 Å². The Kier molecular flexibility index (Phi) is 4.87. The highest BCUT2D eigenvalue weighted by Gasteiger charge is 2.33. The summed E-state index contributed by atoms with van der Waals surface area (Å²) in [7, 11) is 2.29. The van der Waals surface area contributed by atoms with Crippen LogP contribution in [0.3, 0.4) is 0 Å². The lowest BCUT2D eigenvalue weighted by atomic mass is 9.95. The molecule has 2 nitrogen and oxygen atoms in total. The minimum Gasteiger partial charge on any atom is -0.312 e. The zero-order valence-corrected chi connectivity index (χ0v) is 11.9. The van der Waals surface area contributed by atoms with Gasteiger partial charge in [-0.1, -0.05) is 26.2 Å². The van der Waals surface area contributed by atoms with Gasteiger partial charge in [-0.2, -0.15) is 0 Å². The van der Waals surface area contributed by atoms with Crippen LogP contribution in [0.25, 0.3) is 0 Å². The summed E-state index contributed by atoms with van der Waals surface area (Å²) in [5.41, 5.74) is 0.